The van der Waals surface area contributed by atoms with Crippen LogP contribution < -0.4 is 9.80 Å². The largest absolute Gasteiger partial charge is 0.311 e. The molecule has 0 N–H and O–H groups in total. The number of aryl methyl sites for hydroxylation is 4. The van der Waals surface area contributed by atoms with Gasteiger partial charge in [0.15, 0.2) is 0 Å². The summed E-state index contributed by atoms with van der Waals surface area (Å²) in [6.07, 6.45) is 8.69. The first-order valence-corrected chi connectivity index (χ1v) is 24.1. The summed E-state index contributed by atoms with van der Waals surface area (Å²) in [5.74, 6) is 0. The third-order valence-electron chi connectivity index (χ3n) is 13.0. The second-order valence-corrected chi connectivity index (χ2v) is 18.3. The molecule has 0 bridgehead atoms. The fourth-order valence-corrected chi connectivity index (χ4v) is 8.81. The molecule has 0 aliphatic heterocycles. The molecule has 0 atom stereocenters. The molecule has 0 saturated heterocycles. The second kappa shape index (κ2) is 20.7. The second-order valence-electron chi connectivity index (χ2n) is 18.3. The van der Waals surface area contributed by atoms with E-state index in [1.807, 2.05) is 0 Å². The minimum atomic E-state index is 1.11. The highest BCUT2D eigenvalue weighted by atomic mass is 15.1. The molecule has 10 rings (SSSR count). The summed E-state index contributed by atoms with van der Waals surface area (Å²) in [7, 11) is 0. The standard InChI is InChI=1S/C68H56N2/c1-49-5-13-53(14-6-49)17-19-55-21-41-65(42-22-55)69(63-37-9-51(3)10-38-63)67-45-33-61(34-46-67)59-29-25-57(26-30-59)58-27-31-60(32-28-58)62-35-47-68(48-36-62)70(64-39-11-52(4)12-40-64)66-43-23-56(24-44-66)20-18-54-15-7-50(2)8-16-54/h5-48H,1-4H3. The Hall–Kier alpha value is -8.72. The summed E-state index contributed by atoms with van der Waals surface area (Å²) in [6.45, 7) is 8.50. The average molecular weight is 901 g/mol. The molecule has 10 aromatic carbocycles. The van der Waals surface area contributed by atoms with E-state index in [1.54, 1.807) is 0 Å². The molecule has 0 amide bonds. The molecule has 2 heteroatoms. The number of rotatable bonds is 13. The lowest BCUT2D eigenvalue weighted by atomic mass is 9.97. The van der Waals surface area contributed by atoms with Crippen molar-refractivity contribution in [1.29, 1.82) is 0 Å². The van der Waals surface area contributed by atoms with Crippen LogP contribution >= 0.6 is 0 Å². The predicted molar refractivity (Wildman–Crippen MR) is 302 cm³/mol. The molecule has 10 aromatic rings. The van der Waals surface area contributed by atoms with Crippen molar-refractivity contribution in [1.82, 2.24) is 0 Å². The number of benzene rings is 10. The number of hydrogen-bond acceptors (Lipinski definition) is 2. The van der Waals surface area contributed by atoms with Crippen molar-refractivity contribution in [3.8, 4) is 33.4 Å². The Kier molecular flexibility index (Phi) is 13.3. The van der Waals surface area contributed by atoms with Crippen LogP contribution in [-0.4, -0.2) is 0 Å². The van der Waals surface area contributed by atoms with E-state index in [4.69, 9.17) is 0 Å². The average Bonchev–Trinajstić information content (AvgIpc) is 3.41. The van der Waals surface area contributed by atoms with Crippen molar-refractivity contribution in [2.24, 2.45) is 0 Å². The maximum absolute atomic E-state index is 2.32. The highest BCUT2D eigenvalue weighted by molar-refractivity contribution is 5.82. The van der Waals surface area contributed by atoms with Crippen LogP contribution in [0.25, 0.3) is 57.7 Å². The fraction of sp³-hybridized carbons (Fsp3) is 0.0588. The third kappa shape index (κ3) is 10.7. The van der Waals surface area contributed by atoms with Crippen molar-refractivity contribution in [2.45, 2.75) is 27.7 Å². The lowest BCUT2D eigenvalue weighted by Gasteiger charge is -2.26. The maximum Gasteiger partial charge on any atom is 0.0462 e. The summed E-state index contributed by atoms with van der Waals surface area (Å²) in [5, 5.41) is 0. The van der Waals surface area contributed by atoms with Gasteiger partial charge in [-0.1, -0.05) is 216 Å². The lowest BCUT2D eigenvalue weighted by molar-refractivity contribution is 1.27. The van der Waals surface area contributed by atoms with Crippen LogP contribution in [0.15, 0.2) is 243 Å². The van der Waals surface area contributed by atoms with Gasteiger partial charge in [0.25, 0.3) is 0 Å². The van der Waals surface area contributed by atoms with Gasteiger partial charge in [-0.05, 0) is 156 Å². The van der Waals surface area contributed by atoms with Gasteiger partial charge >= 0.3 is 0 Å². The first-order chi connectivity index (χ1) is 34.3. The van der Waals surface area contributed by atoms with Gasteiger partial charge in [0, 0.05) is 34.1 Å². The van der Waals surface area contributed by atoms with Crippen molar-refractivity contribution < 1.29 is 0 Å². The molecule has 0 aliphatic carbocycles. The lowest BCUT2D eigenvalue weighted by Crippen LogP contribution is -2.09. The third-order valence-corrected chi connectivity index (χ3v) is 13.0. The van der Waals surface area contributed by atoms with Crippen LogP contribution in [0, 0.1) is 27.7 Å². The summed E-state index contributed by atoms with van der Waals surface area (Å²) < 4.78 is 0. The molecule has 0 aromatic heterocycles. The van der Waals surface area contributed by atoms with Crippen molar-refractivity contribution >= 4 is 58.4 Å². The van der Waals surface area contributed by atoms with Crippen molar-refractivity contribution in [3.63, 3.8) is 0 Å². The van der Waals surface area contributed by atoms with Crippen molar-refractivity contribution in [2.75, 3.05) is 9.80 Å². The maximum atomic E-state index is 2.32. The van der Waals surface area contributed by atoms with Crippen LogP contribution in [0.5, 0.6) is 0 Å². The first-order valence-electron chi connectivity index (χ1n) is 24.1. The van der Waals surface area contributed by atoms with E-state index < -0.39 is 0 Å². The molecule has 338 valence electrons. The zero-order chi connectivity index (χ0) is 47.8. The normalized spacial score (nSPS) is 11.3. The smallest absolute Gasteiger partial charge is 0.0462 e. The minimum Gasteiger partial charge on any atom is -0.311 e. The molecule has 2 nitrogen and oxygen atoms in total. The van der Waals surface area contributed by atoms with Crippen molar-refractivity contribution in [3.05, 3.63) is 287 Å². The highest BCUT2D eigenvalue weighted by Gasteiger charge is 2.15. The highest BCUT2D eigenvalue weighted by Crippen LogP contribution is 2.38. The van der Waals surface area contributed by atoms with Crippen LogP contribution in [0.4, 0.5) is 34.1 Å². The molecule has 0 spiro atoms. The molecule has 0 heterocycles. The zero-order valence-electron chi connectivity index (χ0n) is 40.3. The molecule has 70 heavy (non-hydrogen) atoms. The molecule has 0 unspecified atom stereocenters. The molecule has 0 aliphatic rings. The van der Waals surface area contributed by atoms with Gasteiger partial charge in [-0.15, -0.1) is 0 Å². The first kappa shape index (κ1) is 45.1. The summed E-state index contributed by atoms with van der Waals surface area (Å²) in [6, 6.07) is 88.0. The monoisotopic (exact) mass is 900 g/mol. The fourth-order valence-electron chi connectivity index (χ4n) is 8.81. The predicted octanol–water partition coefficient (Wildman–Crippen LogP) is 19.2. The van der Waals surface area contributed by atoms with Gasteiger partial charge in [-0.25, -0.2) is 0 Å². The number of anilines is 6. The van der Waals surface area contributed by atoms with E-state index >= 15 is 0 Å². The topological polar surface area (TPSA) is 6.48 Å². The Morgan fingerprint density at radius 2 is 0.329 bits per heavy atom. The van der Waals surface area contributed by atoms with E-state index in [9.17, 15) is 0 Å². The van der Waals surface area contributed by atoms with Crippen LogP contribution in [0.3, 0.4) is 0 Å². The van der Waals surface area contributed by atoms with E-state index in [0.29, 0.717) is 0 Å². The number of nitrogens with zero attached hydrogens (tertiary/aromatic N) is 2. The molecular weight excluding hydrogens is 845 g/mol. The van der Waals surface area contributed by atoms with E-state index in [2.05, 4.69) is 304 Å². The summed E-state index contributed by atoms with van der Waals surface area (Å²) in [4.78, 5) is 4.65. The summed E-state index contributed by atoms with van der Waals surface area (Å²) >= 11 is 0. The molecular formula is C68H56N2. The van der Waals surface area contributed by atoms with E-state index in [1.165, 1.54) is 66.8 Å². The Bertz CT molecular complexity index is 3110. The van der Waals surface area contributed by atoms with Crippen LogP contribution in [-0.2, 0) is 0 Å². The van der Waals surface area contributed by atoms with Gasteiger partial charge < -0.3 is 9.80 Å². The Morgan fingerprint density at radius 3 is 0.543 bits per heavy atom. The SMILES string of the molecule is Cc1ccc(C=Cc2ccc(N(c3ccc(C)cc3)c3ccc(-c4ccc(-c5ccc(-c6ccc(N(c7ccc(C)cc7)c7ccc(C=Cc8ccc(C)cc8)cc7)cc6)cc5)cc4)cc3)cc2)cc1. The number of hydrogen-bond donors (Lipinski definition) is 0. The Balaban J connectivity index is 0.826. The molecule has 0 saturated carbocycles. The zero-order valence-corrected chi connectivity index (χ0v) is 40.3. The van der Waals surface area contributed by atoms with Crippen LogP contribution in [0.2, 0.25) is 0 Å². The molecule has 0 fully saturated rings. The minimum absolute atomic E-state index is 1.11. The van der Waals surface area contributed by atoms with Gasteiger partial charge in [-0.2, -0.15) is 0 Å². The quantitative estimate of drug-likeness (QED) is 0.106. The van der Waals surface area contributed by atoms with Gasteiger partial charge in [-0.3, -0.25) is 0 Å². The van der Waals surface area contributed by atoms with Gasteiger partial charge in [0.2, 0.25) is 0 Å². The summed E-state index contributed by atoms with van der Waals surface area (Å²) in [5.41, 5.74) is 23.5. The van der Waals surface area contributed by atoms with Gasteiger partial charge in [0.05, 0.1) is 0 Å². The Morgan fingerprint density at radius 1 is 0.186 bits per heavy atom. The van der Waals surface area contributed by atoms with Gasteiger partial charge in [0.1, 0.15) is 0 Å². The van der Waals surface area contributed by atoms with E-state index in [0.717, 1.165) is 45.3 Å². The molecule has 0 radical (unpaired) electrons. The van der Waals surface area contributed by atoms with Crippen LogP contribution in [0.1, 0.15) is 44.5 Å². The van der Waals surface area contributed by atoms with E-state index in [-0.39, 0.29) is 0 Å². The Labute approximate surface area is 414 Å².